The molecule has 0 aliphatic rings. The largest absolute Gasteiger partial charge is 0.481 e. The van der Waals surface area contributed by atoms with Crippen LogP contribution in [0.1, 0.15) is 43.2 Å². The molecule has 0 saturated heterocycles. The topological polar surface area (TPSA) is 59.9 Å². The van der Waals surface area contributed by atoms with E-state index in [-0.39, 0.29) is 11.5 Å². The Bertz CT molecular complexity index is 591. The summed E-state index contributed by atoms with van der Waals surface area (Å²) in [5, 5.41) is 6.54. The minimum atomic E-state index is 0.0853. The number of thiazole rings is 1. The van der Waals surface area contributed by atoms with Crippen LogP contribution < -0.4 is 10.1 Å². The van der Waals surface area contributed by atoms with Crippen molar-refractivity contribution < 1.29 is 4.74 Å². The molecule has 0 fully saturated rings. The van der Waals surface area contributed by atoms with E-state index in [1.807, 2.05) is 13.1 Å². The number of methoxy groups -OCH3 is 1. The molecule has 0 aliphatic heterocycles. The van der Waals surface area contributed by atoms with Gasteiger partial charge >= 0.3 is 0 Å². The number of hydrogen-bond acceptors (Lipinski definition) is 6. The summed E-state index contributed by atoms with van der Waals surface area (Å²) in [5.41, 5.74) is 2.14. The minimum Gasteiger partial charge on any atom is -0.481 e. The standard InChI is InChI=1S/C15H22N4OS/c1-15(2,3)12-8-21-14(19-12)7-10(16-4)11-6-13(20-5)18-9-17-11/h6,8-10,16H,7H2,1-5H3. The Labute approximate surface area is 129 Å². The monoisotopic (exact) mass is 306 g/mol. The predicted octanol–water partition coefficient (Wildman–Crippen LogP) is 2.74. The van der Waals surface area contributed by atoms with E-state index in [0.29, 0.717) is 5.88 Å². The quantitative estimate of drug-likeness (QED) is 0.920. The van der Waals surface area contributed by atoms with Crippen LogP contribution in [-0.2, 0) is 11.8 Å². The zero-order valence-corrected chi connectivity index (χ0v) is 14.0. The van der Waals surface area contributed by atoms with Crippen molar-refractivity contribution in [1.82, 2.24) is 20.3 Å². The van der Waals surface area contributed by atoms with Crippen molar-refractivity contribution in [3.05, 3.63) is 34.2 Å². The molecule has 21 heavy (non-hydrogen) atoms. The van der Waals surface area contributed by atoms with Gasteiger partial charge in [-0.15, -0.1) is 11.3 Å². The van der Waals surface area contributed by atoms with Gasteiger partial charge in [-0.3, -0.25) is 0 Å². The van der Waals surface area contributed by atoms with E-state index in [1.165, 1.54) is 6.33 Å². The highest BCUT2D eigenvalue weighted by Gasteiger charge is 2.20. The average molecular weight is 306 g/mol. The van der Waals surface area contributed by atoms with Crippen molar-refractivity contribution in [2.24, 2.45) is 0 Å². The first kappa shape index (κ1) is 15.9. The summed E-state index contributed by atoms with van der Waals surface area (Å²) in [6.45, 7) is 6.53. The van der Waals surface area contributed by atoms with Gasteiger partial charge in [-0.1, -0.05) is 20.8 Å². The van der Waals surface area contributed by atoms with Crippen LogP contribution >= 0.6 is 11.3 Å². The van der Waals surface area contributed by atoms with Crippen molar-refractivity contribution in [3.63, 3.8) is 0 Å². The average Bonchev–Trinajstić information content (AvgIpc) is 2.93. The molecule has 0 spiro atoms. The highest BCUT2D eigenvalue weighted by Crippen LogP contribution is 2.26. The molecule has 0 bridgehead atoms. The fourth-order valence-corrected chi connectivity index (χ4v) is 3.00. The molecule has 1 atom stereocenters. The van der Waals surface area contributed by atoms with Gasteiger partial charge in [0.15, 0.2) is 0 Å². The van der Waals surface area contributed by atoms with E-state index in [4.69, 9.17) is 9.72 Å². The molecule has 2 aromatic rings. The van der Waals surface area contributed by atoms with Crippen LogP contribution in [0.3, 0.4) is 0 Å². The van der Waals surface area contributed by atoms with Gasteiger partial charge in [0.05, 0.1) is 29.5 Å². The minimum absolute atomic E-state index is 0.0853. The van der Waals surface area contributed by atoms with Crippen LogP contribution in [0, 0.1) is 0 Å². The first-order chi connectivity index (χ1) is 9.94. The van der Waals surface area contributed by atoms with Crippen molar-refractivity contribution >= 4 is 11.3 Å². The van der Waals surface area contributed by atoms with E-state index < -0.39 is 0 Å². The van der Waals surface area contributed by atoms with Crippen LogP contribution in [0.2, 0.25) is 0 Å². The summed E-state index contributed by atoms with van der Waals surface area (Å²) in [6, 6.07) is 1.96. The lowest BCUT2D eigenvalue weighted by Crippen LogP contribution is -2.20. The van der Waals surface area contributed by atoms with E-state index in [0.717, 1.165) is 22.8 Å². The molecule has 2 heterocycles. The van der Waals surface area contributed by atoms with Crippen LogP contribution in [0.25, 0.3) is 0 Å². The number of hydrogen-bond donors (Lipinski definition) is 1. The van der Waals surface area contributed by atoms with Gasteiger partial charge in [-0.25, -0.2) is 15.0 Å². The summed E-state index contributed by atoms with van der Waals surface area (Å²) >= 11 is 1.70. The molecule has 114 valence electrons. The van der Waals surface area contributed by atoms with Gasteiger partial charge in [0.2, 0.25) is 5.88 Å². The molecule has 2 aromatic heterocycles. The molecule has 0 radical (unpaired) electrons. The Morgan fingerprint density at radius 1 is 1.33 bits per heavy atom. The Morgan fingerprint density at radius 3 is 2.67 bits per heavy atom. The fraction of sp³-hybridized carbons (Fsp3) is 0.533. The molecule has 0 aliphatic carbocycles. The normalized spacial score (nSPS) is 13.2. The number of nitrogens with one attached hydrogen (secondary N) is 1. The Hall–Kier alpha value is -1.53. The third-order valence-corrected chi connectivity index (χ3v) is 4.15. The van der Waals surface area contributed by atoms with Crippen LogP contribution in [0.15, 0.2) is 17.8 Å². The first-order valence-electron chi connectivity index (χ1n) is 6.92. The van der Waals surface area contributed by atoms with Gasteiger partial charge in [0, 0.05) is 23.3 Å². The summed E-state index contributed by atoms with van der Waals surface area (Å²) in [6.07, 6.45) is 2.33. The lowest BCUT2D eigenvalue weighted by Gasteiger charge is -2.16. The summed E-state index contributed by atoms with van der Waals surface area (Å²) in [4.78, 5) is 13.1. The highest BCUT2D eigenvalue weighted by molar-refractivity contribution is 7.09. The number of aromatic nitrogens is 3. The fourth-order valence-electron chi connectivity index (χ4n) is 1.93. The summed E-state index contributed by atoms with van der Waals surface area (Å²) in [5.74, 6) is 0.578. The second-order valence-corrected chi connectivity index (χ2v) is 6.85. The lowest BCUT2D eigenvalue weighted by atomic mass is 9.93. The Morgan fingerprint density at radius 2 is 2.10 bits per heavy atom. The Balaban J connectivity index is 2.17. The zero-order valence-electron chi connectivity index (χ0n) is 13.2. The summed E-state index contributed by atoms with van der Waals surface area (Å²) < 4.78 is 5.16. The van der Waals surface area contributed by atoms with Gasteiger partial charge in [-0.05, 0) is 7.05 Å². The molecule has 6 heteroatoms. The molecule has 2 rings (SSSR count). The molecule has 0 amide bonds. The second kappa shape index (κ2) is 6.49. The molecule has 0 aromatic carbocycles. The molecule has 1 unspecified atom stereocenters. The second-order valence-electron chi connectivity index (χ2n) is 5.91. The van der Waals surface area contributed by atoms with Gasteiger partial charge in [0.25, 0.3) is 0 Å². The highest BCUT2D eigenvalue weighted by atomic mass is 32.1. The van der Waals surface area contributed by atoms with Crippen LogP contribution in [-0.4, -0.2) is 29.1 Å². The number of rotatable bonds is 5. The summed E-state index contributed by atoms with van der Waals surface area (Å²) in [7, 11) is 3.54. The van der Waals surface area contributed by atoms with E-state index >= 15 is 0 Å². The van der Waals surface area contributed by atoms with Gasteiger partial charge in [-0.2, -0.15) is 0 Å². The SMILES string of the molecule is CNC(Cc1nc(C(C)(C)C)cs1)c1cc(OC)ncn1. The maximum absolute atomic E-state index is 5.16. The van der Waals surface area contributed by atoms with E-state index in [1.54, 1.807) is 18.4 Å². The van der Waals surface area contributed by atoms with Gasteiger partial charge in [0.1, 0.15) is 6.33 Å². The molecule has 5 nitrogen and oxygen atoms in total. The smallest absolute Gasteiger partial charge is 0.216 e. The third-order valence-electron chi connectivity index (χ3n) is 3.28. The van der Waals surface area contributed by atoms with E-state index in [9.17, 15) is 0 Å². The van der Waals surface area contributed by atoms with Crippen molar-refractivity contribution in [2.75, 3.05) is 14.2 Å². The number of ether oxygens (including phenoxy) is 1. The molecular formula is C15H22N4OS. The number of nitrogens with zero attached hydrogens (tertiary/aromatic N) is 3. The zero-order chi connectivity index (χ0) is 15.5. The third kappa shape index (κ3) is 3.98. The lowest BCUT2D eigenvalue weighted by molar-refractivity contribution is 0.394. The first-order valence-corrected chi connectivity index (χ1v) is 7.80. The number of likely N-dealkylation sites (N-methyl/N-ethyl adjacent to an activating group) is 1. The van der Waals surface area contributed by atoms with Crippen molar-refractivity contribution in [1.29, 1.82) is 0 Å². The van der Waals surface area contributed by atoms with Crippen LogP contribution in [0.5, 0.6) is 5.88 Å². The molecular weight excluding hydrogens is 284 g/mol. The molecule has 1 N–H and O–H groups in total. The van der Waals surface area contributed by atoms with Crippen LogP contribution in [0.4, 0.5) is 0 Å². The maximum atomic E-state index is 5.16. The van der Waals surface area contributed by atoms with Crippen molar-refractivity contribution in [2.45, 2.75) is 38.6 Å². The van der Waals surface area contributed by atoms with Gasteiger partial charge < -0.3 is 10.1 Å². The van der Waals surface area contributed by atoms with Crippen molar-refractivity contribution in [3.8, 4) is 5.88 Å². The maximum Gasteiger partial charge on any atom is 0.216 e. The van der Waals surface area contributed by atoms with E-state index in [2.05, 4.69) is 41.4 Å². The Kier molecular flexibility index (Phi) is 4.90. The molecule has 0 saturated carbocycles. The predicted molar refractivity (Wildman–Crippen MR) is 84.9 cm³/mol.